The number of hydrogen-bond donors (Lipinski definition) is 0. The Kier molecular flexibility index (Phi) is 5.82. The minimum absolute atomic E-state index is 0.312. The van der Waals surface area contributed by atoms with Crippen LogP contribution in [0.3, 0.4) is 0 Å². The first kappa shape index (κ1) is 15.3. The Morgan fingerprint density at radius 2 is 2.20 bits per heavy atom. The number of carbonyl (C=O) groups is 1. The lowest BCUT2D eigenvalue weighted by Gasteiger charge is -2.28. The Morgan fingerprint density at radius 3 is 2.90 bits per heavy atom. The van der Waals surface area contributed by atoms with Crippen LogP contribution in [-0.2, 0) is 15.2 Å². The van der Waals surface area contributed by atoms with Crippen molar-refractivity contribution in [1.29, 1.82) is 0 Å². The highest BCUT2D eigenvalue weighted by Gasteiger charge is 2.14. The maximum absolute atomic E-state index is 11.5. The van der Waals surface area contributed by atoms with Crippen molar-refractivity contribution in [3.05, 3.63) is 35.4 Å². The molecule has 4 nitrogen and oxygen atoms in total. The van der Waals surface area contributed by atoms with Crippen LogP contribution in [0.5, 0.6) is 0 Å². The van der Waals surface area contributed by atoms with E-state index in [9.17, 15) is 4.79 Å². The second-order valence-corrected chi connectivity index (χ2v) is 5.96. The maximum atomic E-state index is 11.5. The van der Waals surface area contributed by atoms with Crippen LogP contribution in [0.1, 0.15) is 15.9 Å². The van der Waals surface area contributed by atoms with Crippen molar-refractivity contribution >= 4 is 34.3 Å². The molecule has 0 bridgehead atoms. The molecule has 6 heteroatoms. The molecule has 0 amide bonds. The minimum atomic E-state index is -0.312. The highest BCUT2D eigenvalue weighted by atomic mass is 32.2. The minimum Gasteiger partial charge on any atom is -0.465 e. The number of morpholine rings is 1. The molecule has 0 unspecified atom stereocenters. The first-order valence-corrected chi connectivity index (χ1v) is 7.77. The monoisotopic (exact) mass is 311 g/mol. The lowest BCUT2D eigenvalue weighted by molar-refractivity contribution is 0.0600. The molecule has 1 saturated heterocycles. The van der Waals surface area contributed by atoms with E-state index in [0.29, 0.717) is 5.56 Å². The first-order chi connectivity index (χ1) is 9.70. The molecule has 0 saturated carbocycles. The third-order valence-electron chi connectivity index (χ3n) is 2.98. The van der Waals surface area contributed by atoms with Crippen molar-refractivity contribution in [2.45, 2.75) is 5.75 Å². The number of nitrogens with zero attached hydrogens (tertiary/aromatic N) is 1. The molecule has 1 aromatic carbocycles. The summed E-state index contributed by atoms with van der Waals surface area (Å²) in [5.41, 5.74) is 1.64. The zero-order chi connectivity index (χ0) is 14.4. The quantitative estimate of drug-likeness (QED) is 0.630. The molecule has 0 N–H and O–H groups in total. The highest BCUT2D eigenvalue weighted by Crippen LogP contribution is 2.18. The van der Waals surface area contributed by atoms with Crippen molar-refractivity contribution in [1.82, 2.24) is 4.90 Å². The van der Waals surface area contributed by atoms with E-state index in [1.165, 1.54) is 7.11 Å². The number of ether oxygens (including phenoxy) is 2. The molecule has 2 rings (SSSR count). The molecule has 1 aromatic rings. The average Bonchev–Trinajstić information content (AvgIpc) is 2.53. The molecule has 1 aliphatic heterocycles. The van der Waals surface area contributed by atoms with E-state index in [-0.39, 0.29) is 5.97 Å². The lowest BCUT2D eigenvalue weighted by Crippen LogP contribution is -2.38. The standard InChI is InChI=1S/C14H17NO3S2/c1-17-13(16)12-4-2-3-11(9-12)10-20-14(19)15-5-7-18-8-6-15/h2-4,9H,5-8,10H2,1H3. The predicted molar refractivity (Wildman–Crippen MR) is 84.1 cm³/mol. The molecule has 0 atom stereocenters. The molecule has 108 valence electrons. The fourth-order valence-corrected chi connectivity index (χ4v) is 3.08. The molecule has 0 radical (unpaired) electrons. The van der Waals surface area contributed by atoms with Gasteiger partial charge in [0.15, 0.2) is 0 Å². The van der Waals surface area contributed by atoms with E-state index in [1.54, 1.807) is 17.8 Å². The zero-order valence-corrected chi connectivity index (χ0v) is 13.0. The maximum Gasteiger partial charge on any atom is 0.337 e. The second kappa shape index (κ2) is 7.61. The van der Waals surface area contributed by atoms with Crippen LogP contribution < -0.4 is 0 Å². The average molecular weight is 311 g/mol. The number of benzene rings is 1. The van der Waals surface area contributed by atoms with Gasteiger partial charge < -0.3 is 14.4 Å². The summed E-state index contributed by atoms with van der Waals surface area (Å²) < 4.78 is 10.9. The van der Waals surface area contributed by atoms with E-state index in [4.69, 9.17) is 21.7 Å². The molecule has 0 aliphatic carbocycles. The highest BCUT2D eigenvalue weighted by molar-refractivity contribution is 8.22. The summed E-state index contributed by atoms with van der Waals surface area (Å²) in [6.45, 7) is 3.18. The van der Waals surface area contributed by atoms with E-state index in [2.05, 4.69) is 4.90 Å². The smallest absolute Gasteiger partial charge is 0.337 e. The van der Waals surface area contributed by atoms with Gasteiger partial charge in [-0.2, -0.15) is 0 Å². The van der Waals surface area contributed by atoms with Gasteiger partial charge in [0.1, 0.15) is 4.32 Å². The van der Waals surface area contributed by atoms with Gasteiger partial charge in [0.05, 0.1) is 25.9 Å². The number of thioether (sulfide) groups is 1. The number of methoxy groups -OCH3 is 1. The van der Waals surface area contributed by atoms with Gasteiger partial charge in [-0.15, -0.1) is 0 Å². The number of rotatable bonds is 3. The largest absolute Gasteiger partial charge is 0.465 e. The van der Waals surface area contributed by atoms with Crippen LogP contribution >= 0.6 is 24.0 Å². The van der Waals surface area contributed by atoms with Gasteiger partial charge in [-0.3, -0.25) is 0 Å². The lowest BCUT2D eigenvalue weighted by atomic mass is 10.1. The first-order valence-electron chi connectivity index (χ1n) is 6.37. The van der Waals surface area contributed by atoms with Gasteiger partial charge in [0.2, 0.25) is 0 Å². The van der Waals surface area contributed by atoms with E-state index in [0.717, 1.165) is 41.9 Å². The topological polar surface area (TPSA) is 38.8 Å². The summed E-state index contributed by atoms with van der Waals surface area (Å²) in [4.78, 5) is 13.6. The number of hydrogen-bond acceptors (Lipinski definition) is 5. The summed E-state index contributed by atoms with van der Waals surface area (Å²) >= 11 is 7.04. The summed E-state index contributed by atoms with van der Waals surface area (Å²) in [7, 11) is 1.39. The SMILES string of the molecule is COC(=O)c1cccc(CSC(=S)N2CCOCC2)c1. The Labute approximate surface area is 128 Å². The van der Waals surface area contributed by atoms with Gasteiger partial charge in [-0.1, -0.05) is 36.1 Å². The molecule has 1 aliphatic rings. The van der Waals surface area contributed by atoms with Crippen LogP contribution in [0.15, 0.2) is 24.3 Å². The van der Waals surface area contributed by atoms with Crippen molar-refractivity contribution in [3.63, 3.8) is 0 Å². The Hall–Kier alpha value is -1.11. The molecular formula is C14H17NO3S2. The number of thiocarbonyl (C=S) groups is 1. The van der Waals surface area contributed by atoms with E-state index in [1.807, 2.05) is 18.2 Å². The van der Waals surface area contributed by atoms with Gasteiger partial charge >= 0.3 is 5.97 Å². The van der Waals surface area contributed by atoms with Crippen LogP contribution in [0.4, 0.5) is 0 Å². The number of esters is 1. The van der Waals surface area contributed by atoms with Crippen LogP contribution in [0.25, 0.3) is 0 Å². The summed E-state index contributed by atoms with van der Waals surface area (Å²) in [6, 6.07) is 7.45. The van der Waals surface area contributed by atoms with Crippen molar-refractivity contribution in [3.8, 4) is 0 Å². The third kappa shape index (κ3) is 4.19. The Balaban J connectivity index is 1.90. The molecule has 0 aromatic heterocycles. The van der Waals surface area contributed by atoms with Crippen molar-refractivity contribution in [2.24, 2.45) is 0 Å². The second-order valence-electron chi connectivity index (χ2n) is 4.35. The summed E-state index contributed by atoms with van der Waals surface area (Å²) in [6.07, 6.45) is 0. The van der Waals surface area contributed by atoms with Crippen LogP contribution in [0, 0.1) is 0 Å². The molecule has 1 fully saturated rings. The van der Waals surface area contributed by atoms with E-state index >= 15 is 0 Å². The fraction of sp³-hybridized carbons (Fsp3) is 0.429. The van der Waals surface area contributed by atoms with Crippen molar-refractivity contribution in [2.75, 3.05) is 33.4 Å². The van der Waals surface area contributed by atoms with Gasteiger partial charge in [0, 0.05) is 18.8 Å². The van der Waals surface area contributed by atoms with Crippen LogP contribution in [-0.4, -0.2) is 48.6 Å². The Morgan fingerprint density at radius 1 is 1.45 bits per heavy atom. The predicted octanol–water partition coefficient (Wildman–Crippen LogP) is 2.32. The van der Waals surface area contributed by atoms with Crippen LogP contribution in [0.2, 0.25) is 0 Å². The van der Waals surface area contributed by atoms with Gasteiger partial charge in [0.25, 0.3) is 0 Å². The molecule has 0 spiro atoms. The zero-order valence-electron chi connectivity index (χ0n) is 11.3. The normalized spacial score (nSPS) is 14.9. The number of carbonyl (C=O) groups excluding carboxylic acids is 1. The molecule has 1 heterocycles. The fourth-order valence-electron chi connectivity index (χ4n) is 1.89. The van der Waals surface area contributed by atoms with E-state index < -0.39 is 0 Å². The Bertz CT molecular complexity index is 487. The van der Waals surface area contributed by atoms with Gasteiger partial charge in [-0.05, 0) is 17.7 Å². The summed E-state index contributed by atoms with van der Waals surface area (Å²) in [5.74, 6) is 0.439. The molecule has 20 heavy (non-hydrogen) atoms. The third-order valence-corrected chi connectivity index (χ3v) is 4.57. The summed E-state index contributed by atoms with van der Waals surface area (Å²) in [5, 5.41) is 0. The van der Waals surface area contributed by atoms with Crippen molar-refractivity contribution < 1.29 is 14.3 Å². The molecular weight excluding hydrogens is 294 g/mol. The van der Waals surface area contributed by atoms with Gasteiger partial charge in [-0.25, -0.2) is 4.79 Å².